The van der Waals surface area contributed by atoms with Crippen LogP contribution >= 0.6 is 0 Å². The van der Waals surface area contributed by atoms with Crippen LogP contribution in [0.5, 0.6) is 0 Å². The lowest BCUT2D eigenvalue weighted by molar-refractivity contribution is -0.182. The molecule has 1 aliphatic carbocycles. The van der Waals surface area contributed by atoms with E-state index in [1.54, 1.807) is 12.1 Å². The summed E-state index contributed by atoms with van der Waals surface area (Å²) in [5.41, 5.74) is 7.49. The van der Waals surface area contributed by atoms with E-state index in [-0.39, 0.29) is 24.9 Å². The number of hydrogen-bond acceptors (Lipinski definition) is 9. The second kappa shape index (κ2) is 8.65. The normalized spacial score (nSPS) is 22.0. The van der Waals surface area contributed by atoms with Crippen molar-refractivity contribution in [3.8, 4) is 11.4 Å². The Morgan fingerprint density at radius 2 is 1.76 bits per heavy atom. The summed E-state index contributed by atoms with van der Waals surface area (Å²) in [5.74, 6) is 0.0303. The fourth-order valence-corrected chi connectivity index (χ4v) is 4.30. The van der Waals surface area contributed by atoms with Crippen LogP contribution < -0.4 is 16.0 Å². The molecule has 1 saturated carbocycles. The van der Waals surface area contributed by atoms with Gasteiger partial charge in [-0.1, -0.05) is 0 Å². The van der Waals surface area contributed by atoms with E-state index in [1.807, 2.05) is 11.0 Å². The van der Waals surface area contributed by atoms with Gasteiger partial charge in [0.2, 0.25) is 11.9 Å². The highest BCUT2D eigenvalue weighted by Crippen LogP contribution is 2.38. The number of aromatic nitrogens is 4. The third-order valence-corrected chi connectivity index (χ3v) is 6.10. The van der Waals surface area contributed by atoms with Crippen molar-refractivity contribution in [1.82, 2.24) is 19.9 Å². The van der Waals surface area contributed by atoms with E-state index in [9.17, 15) is 13.2 Å². The number of nitrogens with zero attached hydrogens (tertiary/aromatic N) is 5. The topological polar surface area (TPSA) is 115 Å². The van der Waals surface area contributed by atoms with Crippen LogP contribution in [0, 0.1) is 5.92 Å². The Morgan fingerprint density at radius 1 is 1.00 bits per heavy atom. The molecule has 33 heavy (non-hydrogen) atoms. The van der Waals surface area contributed by atoms with Crippen molar-refractivity contribution < 1.29 is 22.3 Å². The summed E-state index contributed by atoms with van der Waals surface area (Å²) in [6.45, 7) is 2.40. The Balaban J connectivity index is 1.43. The third-order valence-electron chi connectivity index (χ3n) is 6.10. The Morgan fingerprint density at radius 3 is 2.48 bits per heavy atom. The van der Waals surface area contributed by atoms with E-state index in [4.69, 9.17) is 14.9 Å². The first-order chi connectivity index (χ1) is 15.8. The average molecular weight is 463 g/mol. The predicted octanol–water partition coefficient (Wildman–Crippen LogP) is 3.63. The van der Waals surface area contributed by atoms with E-state index in [0.717, 1.165) is 0 Å². The molecular weight excluding hydrogens is 439 g/mol. The molecule has 3 aromatic rings. The lowest BCUT2D eigenvalue weighted by Crippen LogP contribution is -2.38. The summed E-state index contributed by atoms with van der Waals surface area (Å²) in [5, 5.41) is 3.24. The van der Waals surface area contributed by atoms with Gasteiger partial charge < -0.3 is 25.1 Å². The number of nitrogens with one attached hydrogen (secondary N) is 1. The van der Waals surface area contributed by atoms with Crippen LogP contribution in [0.3, 0.4) is 0 Å². The molecule has 2 aliphatic rings. The summed E-state index contributed by atoms with van der Waals surface area (Å²) >= 11 is 0. The number of halogens is 3. The van der Waals surface area contributed by atoms with Crippen molar-refractivity contribution in [1.29, 1.82) is 0 Å². The maximum Gasteiger partial charge on any atom is 0.391 e. The van der Waals surface area contributed by atoms with E-state index >= 15 is 0 Å². The predicted molar refractivity (Wildman–Crippen MR) is 116 cm³/mol. The number of fused-ring (bicyclic) bond motifs is 1. The first-order valence-corrected chi connectivity index (χ1v) is 10.9. The van der Waals surface area contributed by atoms with Crippen molar-refractivity contribution in [2.45, 2.75) is 37.9 Å². The number of hydrogen-bond donors (Lipinski definition) is 2. The molecule has 0 unspecified atom stereocenters. The molecule has 0 atom stereocenters. The summed E-state index contributed by atoms with van der Waals surface area (Å²) in [7, 11) is 0. The molecule has 3 heterocycles. The molecule has 1 aromatic carbocycles. The lowest BCUT2D eigenvalue weighted by atomic mass is 9.86. The van der Waals surface area contributed by atoms with E-state index < -0.39 is 12.1 Å². The zero-order valence-electron chi connectivity index (χ0n) is 17.8. The van der Waals surface area contributed by atoms with Crippen molar-refractivity contribution in [2.24, 2.45) is 5.92 Å². The van der Waals surface area contributed by atoms with Crippen molar-refractivity contribution in [3.63, 3.8) is 0 Å². The summed E-state index contributed by atoms with van der Waals surface area (Å²) < 4.78 is 49.8. The minimum atomic E-state index is -4.14. The first-order valence-electron chi connectivity index (χ1n) is 10.9. The standard InChI is InChI=1S/C21H24F3N7O2/c22-21(23,24)13-2-4-14(5-3-13)26-19-28-17(29-20(30-19)31-7-9-32-10-8-31)12-1-6-16-15(11-12)27-18(25)33-16/h1,6,11,13-14H,2-5,7-10H2,(H2,25,27)(H,26,28,29,30). The van der Waals surface area contributed by atoms with Gasteiger partial charge in [-0.15, -0.1) is 0 Å². The van der Waals surface area contributed by atoms with Crippen LogP contribution in [0.15, 0.2) is 22.6 Å². The fourth-order valence-electron chi connectivity index (χ4n) is 4.30. The number of alkyl halides is 3. The molecule has 0 amide bonds. The molecule has 12 heteroatoms. The second-order valence-electron chi connectivity index (χ2n) is 8.35. The summed E-state index contributed by atoms with van der Waals surface area (Å²) in [6.07, 6.45) is -3.14. The van der Waals surface area contributed by atoms with E-state index in [2.05, 4.69) is 25.3 Å². The molecule has 176 valence electrons. The van der Waals surface area contributed by atoms with Gasteiger partial charge in [-0.3, -0.25) is 0 Å². The number of ether oxygens (including phenoxy) is 1. The average Bonchev–Trinajstić information content (AvgIpc) is 3.18. The fraction of sp³-hybridized carbons (Fsp3) is 0.524. The Labute approximate surface area is 187 Å². The van der Waals surface area contributed by atoms with Gasteiger partial charge in [-0.05, 0) is 43.9 Å². The van der Waals surface area contributed by atoms with Crippen LogP contribution in [-0.2, 0) is 4.74 Å². The molecule has 0 spiro atoms. The molecule has 2 fully saturated rings. The number of anilines is 3. The number of benzene rings is 1. The van der Waals surface area contributed by atoms with Gasteiger partial charge in [0, 0.05) is 24.7 Å². The number of rotatable bonds is 4. The van der Waals surface area contributed by atoms with Gasteiger partial charge in [0.25, 0.3) is 6.01 Å². The maximum atomic E-state index is 13.0. The van der Waals surface area contributed by atoms with Crippen molar-refractivity contribution in [2.75, 3.05) is 42.3 Å². The van der Waals surface area contributed by atoms with Gasteiger partial charge in [0.1, 0.15) is 5.52 Å². The minimum absolute atomic E-state index is 0.0728. The SMILES string of the molecule is Nc1nc2cc(-c3nc(NC4CCC(C(F)(F)F)CC4)nc(N4CCOCC4)n3)ccc2o1. The van der Waals surface area contributed by atoms with Gasteiger partial charge in [-0.2, -0.15) is 33.1 Å². The number of nitrogens with two attached hydrogens (primary N) is 1. The molecular formula is C21H24F3N7O2. The van der Waals surface area contributed by atoms with E-state index in [1.165, 1.54) is 0 Å². The first kappa shape index (κ1) is 21.7. The molecule has 1 aliphatic heterocycles. The van der Waals surface area contributed by atoms with Crippen LogP contribution in [0.25, 0.3) is 22.5 Å². The van der Waals surface area contributed by atoms with Gasteiger partial charge in [0.05, 0.1) is 19.1 Å². The van der Waals surface area contributed by atoms with Crippen molar-refractivity contribution >= 4 is 29.0 Å². The summed E-state index contributed by atoms with van der Waals surface area (Å²) in [4.78, 5) is 20.0. The molecule has 1 saturated heterocycles. The third kappa shape index (κ3) is 4.80. The highest BCUT2D eigenvalue weighted by molar-refractivity contribution is 5.80. The number of morpholine rings is 1. The molecule has 3 N–H and O–H groups in total. The lowest BCUT2D eigenvalue weighted by Gasteiger charge is -2.31. The zero-order chi connectivity index (χ0) is 23.0. The van der Waals surface area contributed by atoms with Crippen LogP contribution in [0.2, 0.25) is 0 Å². The molecule has 0 bridgehead atoms. The highest BCUT2D eigenvalue weighted by Gasteiger charge is 2.41. The number of oxazole rings is 1. The zero-order valence-corrected chi connectivity index (χ0v) is 17.8. The van der Waals surface area contributed by atoms with E-state index in [0.29, 0.717) is 73.5 Å². The minimum Gasteiger partial charge on any atom is -0.424 e. The highest BCUT2D eigenvalue weighted by atomic mass is 19.4. The Kier molecular flexibility index (Phi) is 5.69. The molecule has 9 nitrogen and oxygen atoms in total. The number of nitrogen functional groups attached to an aromatic ring is 1. The van der Waals surface area contributed by atoms with Gasteiger partial charge in [0.15, 0.2) is 11.4 Å². The molecule has 5 rings (SSSR count). The van der Waals surface area contributed by atoms with Gasteiger partial charge in [-0.25, -0.2) is 0 Å². The Bertz CT molecular complexity index is 1120. The van der Waals surface area contributed by atoms with Gasteiger partial charge >= 0.3 is 6.18 Å². The second-order valence-corrected chi connectivity index (χ2v) is 8.35. The summed E-state index contributed by atoms with van der Waals surface area (Å²) in [6, 6.07) is 5.28. The Hall–Kier alpha value is -3.15. The van der Waals surface area contributed by atoms with Crippen LogP contribution in [0.1, 0.15) is 25.7 Å². The smallest absolute Gasteiger partial charge is 0.391 e. The largest absolute Gasteiger partial charge is 0.424 e. The van der Waals surface area contributed by atoms with Crippen molar-refractivity contribution in [3.05, 3.63) is 18.2 Å². The molecule has 2 aromatic heterocycles. The quantitative estimate of drug-likeness (QED) is 0.598. The maximum absolute atomic E-state index is 13.0. The van der Waals surface area contributed by atoms with Crippen LogP contribution in [0.4, 0.5) is 31.1 Å². The van der Waals surface area contributed by atoms with Crippen LogP contribution in [-0.4, -0.2) is 58.5 Å². The monoisotopic (exact) mass is 463 g/mol. The molecule has 0 radical (unpaired) electrons.